The molecule has 0 aliphatic rings. The Morgan fingerprint density at radius 2 is 1.85 bits per heavy atom. The molecule has 3 rings (SSSR count). The molecule has 1 aromatic heterocycles. The zero-order chi connectivity index (χ0) is 18.4. The molecule has 0 aliphatic heterocycles. The molecular weight excluding hydrogens is 346 g/mol. The predicted molar refractivity (Wildman–Crippen MR) is 104 cm³/mol. The van der Waals surface area contributed by atoms with Crippen LogP contribution in [-0.2, 0) is 11.2 Å². The number of anilines is 1. The zero-order valence-corrected chi connectivity index (χ0v) is 15.6. The molecule has 0 bridgehead atoms. The van der Waals surface area contributed by atoms with E-state index in [-0.39, 0.29) is 11.8 Å². The lowest BCUT2D eigenvalue weighted by atomic mass is 9.98. The number of nitrogens with one attached hydrogen (secondary N) is 1. The minimum atomic E-state index is -0.0543. The first-order chi connectivity index (χ1) is 12.7. The number of hydrogen-bond acceptors (Lipinski definition) is 5. The van der Waals surface area contributed by atoms with Crippen LogP contribution < -0.4 is 10.1 Å². The van der Waals surface area contributed by atoms with Crippen LogP contribution in [0.2, 0.25) is 0 Å². The lowest BCUT2D eigenvalue weighted by molar-refractivity contribution is -0.116. The van der Waals surface area contributed by atoms with Gasteiger partial charge >= 0.3 is 0 Å². The van der Waals surface area contributed by atoms with Crippen molar-refractivity contribution in [3.63, 3.8) is 0 Å². The minimum Gasteiger partial charge on any atom is -0.496 e. The molecule has 1 atom stereocenters. The molecule has 26 heavy (non-hydrogen) atoms. The third-order valence-corrected chi connectivity index (χ3v) is 4.95. The second kappa shape index (κ2) is 8.58. The number of benzene rings is 2. The number of para-hydroxylation sites is 1. The number of carbonyl (C=O) groups is 1. The van der Waals surface area contributed by atoms with E-state index >= 15 is 0 Å². The molecule has 0 unspecified atom stereocenters. The third-order valence-electron chi connectivity index (χ3n) is 4.11. The van der Waals surface area contributed by atoms with Gasteiger partial charge in [0, 0.05) is 18.4 Å². The number of nitrogens with zero attached hydrogens (tertiary/aromatic N) is 2. The summed E-state index contributed by atoms with van der Waals surface area (Å²) in [6.07, 6.45) is 1.03. The number of hydrogen-bond donors (Lipinski definition) is 1. The largest absolute Gasteiger partial charge is 0.496 e. The van der Waals surface area contributed by atoms with Gasteiger partial charge in [0.1, 0.15) is 10.8 Å². The summed E-state index contributed by atoms with van der Waals surface area (Å²) in [6.45, 7) is 2.04. The van der Waals surface area contributed by atoms with Crippen molar-refractivity contribution in [3.05, 3.63) is 70.7 Å². The van der Waals surface area contributed by atoms with Crippen LogP contribution in [-0.4, -0.2) is 23.2 Å². The van der Waals surface area contributed by atoms with E-state index < -0.39 is 0 Å². The van der Waals surface area contributed by atoms with Crippen LogP contribution in [0.15, 0.2) is 54.6 Å². The fourth-order valence-electron chi connectivity index (χ4n) is 2.74. The minimum absolute atomic E-state index is 0.0543. The number of rotatable bonds is 7. The summed E-state index contributed by atoms with van der Waals surface area (Å²) >= 11 is 1.39. The SMILES string of the molecule is COc1ccccc1Cc1nnc(NC(=O)C[C@H](C)c2ccccc2)s1. The summed E-state index contributed by atoms with van der Waals surface area (Å²) in [6, 6.07) is 17.8. The van der Waals surface area contributed by atoms with Crippen LogP contribution in [0.3, 0.4) is 0 Å². The van der Waals surface area contributed by atoms with E-state index in [0.717, 1.165) is 21.9 Å². The van der Waals surface area contributed by atoms with Crippen molar-refractivity contribution in [1.82, 2.24) is 10.2 Å². The molecule has 134 valence electrons. The topological polar surface area (TPSA) is 64.1 Å². The Balaban J connectivity index is 1.59. The van der Waals surface area contributed by atoms with Gasteiger partial charge in [-0.1, -0.05) is 66.8 Å². The summed E-state index contributed by atoms with van der Waals surface area (Å²) in [4.78, 5) is 12.3. The maximum absolute atomic E-state index is 12.3. The first kappa shape index (κ1) is 18.1. The molecule has 0 aliphatic carbocycles. The summed E-state index contributed by atoms with van der Waals surface area (Å²) in [7, 11) is 1.65. The Kier molecular flexibility index (Phi) is 5.96. The molecule has 0 fully saturated rings. The fourth-order valence-corrected chi connectivity index (χ4v) is 3.51. The van der Waals surface area contributed by atoms with Gasteiger partial charge in [0.15, 0.2) is 0 Å². The molecule has 5 nitrogen and oxygen atoms in total. The van der Waals surface area contributed by atoms with E-state index in [1.807, 2.05) is 61.5 Å². The molecule has 0 saturated carbocycles. The highest BCUT2D eigenvalue weighted by Gasteiger charge is 2.14. The van der Waals surface area contributed by atoms with Gasteiger partial charge in [-0.2, -0.15) is 0 Å². The molecule has 0 spiro atoms. The average Bonchev–Trinajstić information content (AvgIpc) is 3.09. The van der Waals surface area contributed by atoms with Gasteiger partial charge in [-0.05, 0) is 17.5 Å². The van der Waals surface area contributed by atoms with Crippen molar-refractivity contribution in [3.8, 4) is 5.75 Å². The Morgan fingerprint density at radius 1 is 1.12 bits per heavy atom. The van der Waals surface area contributed by atoms with E-state index in [0.29, 0.717) is 18.0 Å². The molecule has 3 aromatic rings. The predicted octanol–water partition coefficient (Wildman–Crippen LogP) is 4.27. The molecule has 1 N–H and O–H groups in total. The normalized spacial score (nSPS) is 11.8. The van der Waals surface area contributed by atoms with Crippen molar-refractivity contribution < 1.29 is 9.53 Å². The lowest BCUT2D eigenvalue weighted by Gasteiger charge is -2.10. The van der Waals surface area contributed by atoms with Crippen molar-refractivity contribution in [2.24, 2.45) is 0 Å². The maximum Gasteiger partial charge on any atom is 0.226 e. The highest BCUT2D eigenvalue weighted by molar-refractivity contribution is 7.15. The number of methoxy groups -OCH3 is 1. The number of ether oxygens (including phenoxy) is 1. The van der Waals surface area contributed by atoms with Crippen molar-refractivity contribution in [2.45, 2.75) is 25.7 Å². The highest BCUT2D eigenvalue weighted by atomic mass is 32.1. The molecule has 6 heteroatoms. The zero-order valence-electron chi connectivity index (χ0n) is 14.8. The van der Waals surface area contributed by atoms with Crippen LogP contribution in [0, 0.1) is 0 Å². The summed E-state index contributed by atoms with van der Waals surface area (Å²) in [5.41, 5.74) is 2.19. The first-order valence-electron chi connectivity index (χ1n) is 8.44. The van der Waals surface area contributed by atoms with Crippen LogP contribution in [0.5, 0.6) is 5.75 Å². The van der Waals surface area contributed by atoms with Crippen LogP contribution >= 0.6 is 11.3 Å². The Labute approximate surface area is 157 Å². The Hall–Kier alpha value is -2.73. The van der Waals surface area contributed by atoms with Gasteiger partial charge in [-0.15, -0.1) is 10.2 Å². The summed E-state index contributed by atoms with van der Waals surface area (Å²) in [5.74, 6) is 0.920. The number of aromatic nitrogens is 2. The second-order valence-electron chi connectivity index (χ2n) is 6.05. The van der Waals surface area contributed by atoms with E-state index in [2.05, 4.69) is 15.5 Å². The number of carbonyl (C=O) groups excluding carboxylic acids is 1. The van der Waals surface area contributed by atoms with E-state index in [4.69, 9.17) is 4.74 Å². The molecule has 2 aromatic carbocycles. The number of amides is 1. The molecule has 1 heterocycles. The van der Waals surface area contributed by atoms with Crippen LogP contribution in [0.25, 0.3) is 0 Å². The van der Waals surface area contributed by atoms with Gasteiger partial charge in [0.25, 0.3) is 0 Å². The molecule has 0 radical (unpaired) electrons. The smallest absolute Gasteiger partial charge is 0.226 e. The third kappa shape index (κ3) is 4.67. The summed E-state index contributed by atoms with van der Waals surface area (Å²) < 4.78 is 5.36. The van der Waals surface area contributed by atoms with Gasteiger partial charge in [-0.3, -0.25) is 4.79 Å². The Bertz CT molecular complexity index is 864. The summed E-state index contributed by atoms with van der Waals surface area (Å²) in [5, 5.41) is 12.5. The maximum atomic E-state index is 12.3. The molecular formula is C20H21N3O2S. The first-order valence-corrected chi connectivity index (χ1v) is 9.26. The van der Waals surface area contributed by atoms with E-state index in [9.17, 15) is 4.79 Å². The van der Waals surface area contributed by atoms with Gasteiger partial charge in [-0.25, -0.2) is 0 Å². The van der Waals surface area contributed by atoms with E-state index in [1.54, 1.807) is 7.11 Å². The standard InChI is InChI=1S/C20H21N3O2S/c1-14(15-8-4-3-5-9-15)12-18(24)21-20-23-22-19(26-20)13-16-10-6-7-11-17(16)25-2/h3-11,14H,12-13H2,1-2H3,(H,21,23,24)/t14-/m0/s1. The van der Waals surface area contributed by atoms with Crippen molar-refractivity contribution >= 4 is 22.4 Å². The van der Waals surface area contributed by atoms with E-state index in [1.165, 1.54) is 11.3 Å². The van der Waals surface area contributed by atoms with Gasteiger partial charge < -0.3 is 10.1 Å². The fraction of sp³-hybridized carbons (Fsp3) is 0.250. The average molecular weight is 367 g/mol. The van der Waals surface area contributed by atoms with Crippen molar-refractivity contribution in [1.29, 1.82) is 0 Å². The Morgan fingerprint density at radius 3 is 2.62 bits per heavy atom. The second-order valence-corrected chi connectivity index (χ2v) is 7.12. The van der Waals surface area contributed by atoms with Crippen molar-refractivity contribution in [2.75, 3.05) is 12.4 Å². The highest BCUT2D eigenvalue weighted by Crippen LogP contribution is 2.25. The lowest BCUT2D eigenvalue weighted by Crippen LogP contribution is -2.14. The van der Waals surface area contributed by atoms with Gasteiger partial charge in [0.2, 0.25) is 11.0 Å². The monoisotopic (exact) mass is 367 g/mol. The quantitative estimate of drug-likeness (QED) is 0.677. The van der Waals surface area contributed by atoms with Crippen LogP contribution in [0.4, 0.5) is 5.13 Å². The van der Waals surface area contributed by atoms with Crippen LogP contribution in [0.1, 0.15) is 35.4 Å². The molecule has 0 saturated heterocycles. The molecule has 1 amide bonds. The van der Waals surface area contributed by atoms with Gasteiger partial charge in [0.05, 0.1) is 7.11 Å².